The topological polar surface area (TPSA) is 32.9 Å². The first-order valence-electron chi connectivity index (χ1n) is 7.90. The molecule has 1 heterocycles. The lowest BCUT2D eigenvalue weighted by atomic mass is 10.2. The van der Waals surface area contributed by atoms with Crippen LogP contribution in [0.25, 0.3) is 11.3 Å². The zero-order valence-corrected chi connectivity index (χ0v) is 17.0. The molecule has 0 atom stereocenters. The van der Waals surface area contributed by atoms with E-state index in [1.165, 1.54) is 11.3 Å². The van der Waals surface area contributed by atoms with Crippen LogP contribution in [0.2, 0.25) is 10.0 Å². The fourth-order valence-corrected chi connectivity index (χ4v) is 3.61. The first-order valence-corrected chi connectivity index (χ1v) is 9.53. The van der Waals surface area contributed by atoms with E-state index in [9.17, 15) is 0 Å². The molecule has 0 aliphatic heterocycles. The lowest BCUT2D eigenvalue weighted by Crippen LogP contribution is -2.11. The Labute approximate surface area is 166 Å². The molecule has 2 aromatic carbocycles. The van der Waals surface area contributed by atoms with Gasteiger partial charge in [-0.25, -0.2) is 4.68 Å². The van der Waals surface area contributed by atoms with Gasteiger partial charge in [0.05, 0.1) is 16.9 Å². The van der Waals surface area contributed by atoms with Crippen LogP contribution in [0.4, 0.5) is 5.69 Å². The van der Waals surface area contributed by atoms with E-state index in [0.29, 0.717) is 10.0 Å². The van der Waals surface area contributed by atoms with Crippen molar-refractivity contribution in [3.05, 3.63) is 68.3 Å². The number of rotatable bonds is 4. The molecule has 0 aliphatic carbocycles. The first kappa shape index (κ1) is 18.7. The number of aromatic nitrogens is 1. The van der Waals surface area contributed by atoms with E-state index < -0.39 is 0 Å². The highest BCUT2D eigenvalue weighted by Gasteiger charge is 2.11. The summed E-state index contributed by atoms with van der Waals surface area (Å²) in [4.78, 5) is 7.14. The van der Waals surface area contributed by atoms with Crippen LogP contribution in [0.1, 0.15) is 5.56 Å². The monoisotopic (exact) mass is 404 g/mol. The smallest absolute Gasteiger partial charge is 0.205 e. The van der Waals surface area contributed by atoms with Gasteiger partial charge in [0.15, 0.2) is 0 Å². The zero-order chi connectivity index (χ0) is 18.7. The third kappa shape index (κ3) is 4.01. The Bertz CT molecular complexity index is 1000. The minimum absolute atomic E-state index is 0.620. The molecule has 3 rings (SSSR count). The van der Waals surface area contributed by atoms with Crippen LogP contribution in [-0.2, 0) is 0 Å². The van der Waals surface area contributed by atoms with Crippen LogP contribution in [0.15, 0.2) is 57.9 Å². The van der Waals surface area contributed by atoms with Crippen molar-refractivity contribution >= 4 is 46.4 Å². The summed E-state index contributed by atoms with van der Waals surface area (Å²) in [6.45, 7) is 0. The largest absolute Gasteiger partial charge is 0.378 e. The third-order valence-corrected chi connectivity index (χ3v) is 5.28. The quantitative estimate of drug-likeness (QED) is 0.562. The van der Waals surface area contributed by atoms with Gasteiger partial charge in [0.25, 0.3) is 0 Å². The SMILES string of the molecule is CN=c1scc(-c2cc(Cl)ccc2Cl)n1N=Cc1ccc(N(C)C)cc1. The fourth-order valence-electron chi connectivity index (χ4n) is 2.42. The van der Waals surface area contributed by atoms with Gasteiger partial charge in [-0.15, -0.1) is 11.3 Å². The highest BCUT2D eigenvalue weighted by molar-refractivity contribution is 7.07. The second-order valence-electron chi connectivity index (χ2n) is 5.79. The standard InChI is InChI=1S/C19H18Cl2N4S/c1-22-19-25(23-11-13-4-7-15(8-5-13)24(2)3)18(12-26-19)16-10-14(20)6-9-17(16)21/h4-12H,1-3H3. The van der Waals surface area contributed by atoms with Gasteiger partial charge in [0.2, 0.25) is 4.80 Å². The molecule has 0 amide bonds. The second kappa shape index (κ2) is 8.08. The Hall–Kier alpha value is -2.08. The van der Waals surface area contributed by atoms with Crippen molar-refractivity contribution in [1.82, 2.24) is 4.68 Å². The van der Waals surface area contributed by atoms with Gasteiger partial charge < -0.3 is 4.90 Å². The maximum atomic E-state index is 6.36. The highest BCUT2D eigenvalue weighted by Crippen LogP contribution is 2.30. The molecule has 0 aliphatic rings. The Morgan fingerprint density at radius 1 is 1.08 bits per heavy atom. The molecule has 3 aromatic rings. The van der Waals surface area contributed by atoms with E-state index in [2.05, 4.69) is 27.1 Å². The molecule has 26 heavy (non-hydrogen) atoms. The van der Waals surface area contributed by atoms with Crippen molar-refractivity contribution in [1.29, 1.82) is 0 Å². The Morgan fingerprint density at radius 3 is 2.46 bits per heavy atom. The average molecular weight is 405 g/mol. The van der Waals surface area contributed by atoms with Crippen LogP contribution in [0.3, 0.4) is 0 Å². The number of halogens is 2. The Kier molecular flexibility index (Phi) is 5.81. The number of benzene rings is 2. The number of nitrogens with zero attached hydrogens (tertiary/aromatic N) is 4. The summed E-state index contributed by atoms with van der Waals surface area (Å²) in [5, 5.41) is 7.85. The van der Waals surface area contributed by atoms with E-state index in [1.807, 2.05) is 43.9 Å². The predicted molar refractivity (Wildman–Crippen MR) is 113 cm³/mol. The molecule has 7 heteroatoms. The summed E-state index contributed by atoms with van der Waals surface area (Å²) >= 11 is 14.0. The molecule has 0 spiro atoms. The lowest BCUT2D eigenvalue weighted by Gasteiger charge is -2.11. The molecular formula is C19H18Cl2N4S. The fraction of sp³-hybridized carbons (Fsp3) is 0.158. The zero-order valence-electron chi connectivity index (χ0n) is 14.6. The van der Waals surface area contributed by atoms with E-state index >= 15 is 0 Å². The van der Waals surface area contributed by atoms with Crippen molar-refractivity contribution in [2.75, 3.05) is 26.0 Å². The number of hydrogen-bond acceptors (Lipinski definition) is 4. The predicted octanol–water partition coefficient (Wildman–Crippen LogP) is 5.00. The van der Waals surface area contributed by atoms with Crippen molar-refractivity contribution < 1.29 is 0 Å². The molecule has 0 saturated carbocycles. The first-order chi connectivity index (χ1) is 12.5. The van der Waals surface area contributed by atoms with Crippen LogP contribution in [0, 0.1) is 0 Å². The molecule has 0 saturated heterocycles. The van der Waals surface area contributed by atoms with Gasteiger partial charge in [0.1, 0.15) is 0 Å². The molecule has 134 valence electrons. The summed E-state index contributed by atoms with van der Waals surface area (Å²) < 4.78 is 1.78. The van der Waals surface area contributed by atoms with Crippen LogP contribution in [0.5, 0.6) is 0 Å². The van der Waals surface area contributed by atoms with Gasteiger partial charge in [-0.05, 0) is 35.9 Å². The molecule has 4 nitrogen and oxygen atoms in total. The summed E-state index contributed by atoms with van der Waals surface area (Å²) in [6.07, 6.45) is 1.81. The summed E-state index contributed by atoms with van der Waals surface area (Å²) in [5.41, 5.74) is 3.81. The molecule has 0 unspecified atom stereocenters. The number of thiazole rings is 1. The maximum absolute atomic E-state index is 6.36. The van der Waals surface area contributed by atoms with Crippen LogP contribution >= 0.6 is 34.5 Å². The van der Waals surface area contributed by atoms with Crippen molar-refractivity contribution in [2.24, 2.45) is 10.1 Å². The van der Waals surface area contributed by atoms with E-state index in [0.717, 1.165) is 27.3 Å². The minimum atomic E-state index is 0.620. The van der Waals surface area contributed by atoms with Crippen molar-refractivity contribution in [3.63, 3.8) is 0 Å². The van der Waals surface area contributed by atoms with Gasteiger partial charge in [-0.3, -0.25) is 4.99 Å². The Morgan fingerprint density at radius 2 is 1.81 bits per heavy atom. The molecule has 0 radical (unpaired) electrons. The maximum Gasteiger partial charge on any atom is 0.205 e. The second-order valence-corrected chi connectivity index (χ2v) is 7.47. The van der Waals surface area contributed by atoms with Gasteiger partial charge in [-0.2, -0.15) is 5.10 Å². The number of hydrogen-bond donors (Lipinski definition) is 0. The van der Waals surface area contributed by atoms with Gasteiger partial charge in [0, 0.05) is 42.8 Å². The molecule has 0 N–H and O–H groups in total. The van der Waals surface area contributed by atoms with Crippen molar-refractivity contribution in [2.45, 2.75) is 0 Å². The van der Waals surface area contributed by atoms with Crippen LogP contribution < -0.4 is 9.70 Å². The third-order valence-electron chi connectivity index (χ3n) is 3.81. The summed E-state index contributed by atoms with van der Waals surface area (Å²) in [5.74, 6) is 0. The van der Waals surface area contributed by atoms with E-state index in [1.54, 1.807) is 23.9 Å². The molecule has 0 fully saturated rings. The Balaban J connectivity index is 2.02. The van der Waals surface area contributed by atoms with Crippen molar-refractivity contribution in [3.8, 4) is 11.3 Å². The molecule has 0 bridgehead atoms. The summed E-state index contributed by atoms with van der Waals surface area (Å²) in [6, 6.07) is 13.6. The number of anilines is 1. The van der Waals surface area contributed by atoms with E-state index in [-0.39, 0.29) is 0 Å². The molecule has 1 aromatic heterocycles. The van der Waals surface area contributed by atoms with Gasteiger partial charge >= 0.3 is 0 Å². The highest BCUT2D eigenvalue weighted by atomic mass is 35.5. The minimum Gasteiger partial charge on any atom is -0.378 e. The summed E-state index contributed by atoms with van der Waals surface area (Å²) in [7, 11) is 5.77. The average Bonchev–Trinajstić information content (AvgIpc) is 3.05. The van der Waals surface area contributed by atoms with Gasteiger partial charge in [-0.1, -0.05) is 35.3 Å². The lowest BCUT2D eigenvalue weighted by molar-refractivity contribution is 0.848. The normalized spacial score (nSPS) is 12.1. The molecular weight excluding hydrogens is 387 g/mol. The van der Waals surface area contributed by atoms with Crippen LogP contribution in [-0.4, -0.2) is 32.0 Å². The van der Waals surface area contributed by atoms with E-state index in [4.69, 9.17) is 23.2 Å².